The number of amides is 2. The van der Waals surface area contributed by atoms with Crippen molar-refractivity contribution in [3.05, 3.63) is 51.8 Å². The second-order valence-electron chi connectivity index (χ2n) is 3.95. The number of carbonyl (C=O) groups is 1. The van der Waals surface area contributed by atoms with Gasteiger partial charge in [-0.2, -0.15) is 5.23 Å². The fourth-order valence-electron chi connectivity index (χ4n) is 1.45. The van der Waals surface area contributed by atoms with Crippen LogP contribution in [0.5, 0.6) is 0 Å². The third-order valence-electron chi connectivity index (χ3n) is 2.43. The average molecular weight is 329 g/mol. The molecule has 4 N–H and O–H groups in total. The van der Waals surface area contributed by atoms with Gasteiger partial charge in [-0.25, -0.2) is 15.0 Å². The summed E-state index contributed by atoms with van der Waals surface area (Å²) < 4.78 is 0. The average Bonchev–Trinajstić information content (AvgIpc) is 2.43. The number of pyridine rings is 1. The van der Waals surface area contributed by atoms with Gasteiger partial charge in [0.05, 0.1) is 16.2 Å². The van der Waals surface area contributed by atoms with E-state index in [0.29, 0.717) is 15.7 Å². The van der Waals surface area contributed by atoms with Crippen LogP contribution in [-0.2, 0) is 0 Å². The summed E-state index contributed by atoms with van der Waals surface area (Å²) in [5.41, 5.74) is 0.495. The van der Waals surface area contributed by atoms with Gasteiger partial charge < -0.3 is 10.5 Å². The van der Waals surface area contributed by atoms with E-state index < -0.39 is 11.3 Å². The molecule has 1 atom stereocenters. The normalized spacial score (nSPS) is 11.8. The summed E-state index contributed by atoms with van der Waals surface area (Å²) in [5.74, 6) is 0.220. The van der Waals surface area contributed by atoms with E-state index >= 15 is 0 Å². The van der Waals surface area contributed by atoms with E-state index in [1.807, 2.05) is 0 Å². The van der Waals surface area contributed by atoms with Crippen LogP contribution in [0.3, 0.4) is 0 Å². The molecule has 0 aliphatic carbocycles. The Labute approximate surface area is 129 Å². The molecule has 1 aromatic heterocycles. The molecule has 0 saturated heterocycles. The second kappa shape index (κ2) is 6.70. The molecule has 0 aliphatic rings. The summed E-state index contributed by atoms with van der Waals surface area (Å²) in [4.78, 5) is 15.6. The molecule has 2 rings (SSSR count). The fraction of sp³-hybridized carbons (Fsp3) is 0. The van der Waals surface area contributed by atoms with Gasteiger partial charge >= 0.3 is 6.03 Å². The lowest BCUT2D eigenvalue weighted by Gasteiger charge is -2.11. The SMILES string of the molecule is O=C(Nc1ccc(Cl)c(Cl)c1)Nc1ccc([NH+]([O-])O)cn1. The maximum absolute atomic E-state index is 11.7. The first-order chi connectivity index (χ1) is 9.95. The Bertz CT molecular complexity index is 649. The minimum atomic E-state index is -1.09. The Hall–Kier alpha value is -1.90. The number of carbonyl (C=O) groups excluding carboxylic acids is 1. The highest BCUT2D eigenvalue weighted by Crippen LogP contribution is 2.25. The lowest BCUT2D eigenvalue weighted by Crippen LogP contribution is -2.99. The van der Waals surface area contributed by atoms with Gasteiger partial charge in [0.2, 0.25) is 0 Å². The number of benzene rings is 1. The Balaban J connectivity index is 1.99. The van der Waals surface area contributed by atoms with Crippen molar-refractivity contribution in [3.8, 4) is 0 Å². The summed E-state index contributed by atoms with van der Waals surface area (Å²) in [7, 11) is 0. The zero-order valence-electron chi connectivity index (χ0n) is 10.4. The van der Waals surface area contributed by atoms with Crippen molar-refractivity contribution in [2.24, 2.45) is 0 Å². The maximum atomic E-state index is 11.7. The largest absolute Gasteiger partial charge is 0.595 e. The molecular formula is C12H10Cl2N4O3. The van der Waals surface area contributed by atoms with E-state index in [1.165, 1.54) is 18.2 Å². The number of urea groups is 1. The monoisotopic (exact) mass is 328 g/mol. The van der Waals surface area contributed by atoms with Gasteiger partial charge in [0.25, 0.3) is 0 Å². The first-order valence-corrected chi connectivity index (χ1v) is 6.43. The van der Waals surface area contributed by atoms with Gasteiger partial charge in [-0.05, 0) is 24.3 Å². The van der Waals surface area contributed by atoms with E-state index in [-0.39, 0.29) is 11.5 Å². The fourth-order valence-corrected chi connectivity index (χ4v) is 1.74. The maximum Gasteiger partial charge on any atom is 0.324 e. The number of halogens is 2. The predicted octanol–water partition coefficient (Wildman–Crippen LogP) is 2.44. The second-order valence-corrected chi connectivity index (χ2v) is 4.76. The molecule has 0 bridgehead atoms. The highest BCUT2D eigenvalue weighted by atomic mass is 35.5. The number of nitrogens with one attached hydrogen (secondary N) is 3. The van der Waals surface area contributed by atoms with Crippen molar-refractivity contribution in [2.75, 3.05) is 10.6 Å². The summed E-state index contributed by atoms with van der Waals surface area (Å²) in [6.45, 7) is 0. The number of rotatable bonds is 3. The van der Waals surface area contributed by atoms with Crippen LogP contribution in [0, 0.1) is 5.21 Å². The molecule has 0 fully saturated rings. The third-order valence-corrected chi connectivity index (χ3v) is 3.17. The highest BCUT2D eigenvalue weighted by Gasteiger charge is 2.07. The number of hydrogen-bond donors (Lipinski definition) is 4. The van der Waals surface area contributed by atoms with Crippen LogP contribution >= 0.6 is 23.2 Å². The van der Waals surface area contributed by atoms with E-state index in [1.54, 1.807) is 12.1 Å². The van der Waals surface area contributed by atoms with Crippen molar-refractivity contribution in [1.82, 2.24) is 4.98 Å². The number of hydrogen-bond acceptors (Lipinski definition) is 4. The Kier molecular flexibility index (Phi) is 4.94. The van der Waals surface area contributed by atoms with Gasteiger partial charge in [-0.15, -0.1) is 0 Å². The molecule has 1 unspecified atom stereocenters. The molecule has 9 heteroatoms. The Morgan fingerprint density at radius 3 is 2.52 bits per heavy atom. The molecular weight excluding hydrogens is 319 g/mol. The number of anilines is 2. The van der Waals surface area contributed by atoms with E-state index in [2.05, 4.69) is 15.6 Å². The lowest BCUT2D eigenvalue weighted by atomic mass is 10.3. The van der Waals surface area contributed by atoms with Crippen molar-refractivity contribution < 1.29 is 15.2 Å². The topological polar surface area (TPSA) is 102 Å². The number of quaternary nitrogens is 1. The molecule has 0 saturated carbocycles. The van der Waals surface area contributed by atoms with Crippen LogP contribution < -0.4 is 15.9 Å². The van der Waals surface area contributed by atoms with Crippen LogP contribution in [0.2, 0.25) is 10.0 Å². The molecule has 1 heterocycles. The van der Waals surface area contributed by atoms with Crippen LogP contribution in [0.1, 0.15) is 0 Å². The van der Waals surface area contributed by atoms with Crippen molar-refractivity contribution in [2.45, 2.75) is 0 Å². The molecule has 0 radical (unpaired) electrons. The standard InChI is InChI=1S/C12H10Cl2N4O3/c13-9-3-1-7(5-10(9)14)16-12(19)17-11-4-2-8(6-15-11)18(20)21/h1-6,18,20H,(H2,15,16,17,19). The van der Waals surface area contributed by atoms with Gasteiger partial charge in [0, 0.05) is 11.8 Å². The summed E-state index contributed by atoms with van der Waals surface area (Å²) in [6.07, 6.45) is 1.15. The minimum Gasteiger partial charge on any atom is -0.595 e. The third kappa shape index (κ3) is 4.28. The summed E-state index contributed by atoms with van der Waals surface area (Å²) >= 11 is 11.6. The first-order valence-electron chi connectivity index (χ1n) is 5.68. The molecule has 0 spiro atoms. The molecule has 1 aromatic carbocycles. The van der Waals surface area contributed by atoms with Gasteiger partial charge in [0.15, 0.2) is 5.69 Å². The van der Waals surface area contributed by atoms with Crippen molar-refractivity contribution in [3.63, 3.8) is 0 Å². The Morgan fingerprint density at radius 2 is 1.95 bits per heavy atom. The number of nitrogens with zero attached hydrogens (tertiary/aromatic N) is 1. The van der Waals surface area contributed by atoms with Gasteiger partial charge in [-0.3, -0.25) is 5.32 Å². The molecule has 2 amide bonds. The predicted molar refractivity (Wildman–Crippen MR) is 79.1 cm³/mol. The zero-order valence-corrected chi connectivity index (χ0v) is 11.9. The first kappa shape index (κ1) is 15.5. The van der Waals surface area contributed by atoms with Gasteiger partial charge in [-0.1, -0.05) is 23.2 Å². The van der Waals surface area contributed by atoms with Crippen molar-refractivity contribution in [1.29, 1.82) is 0 Å². The lowest BCUT2D eigenvalue weighted by molar-refractivity contribution is -0.991. The number of aromatic nitrogens is 1. The molecule has 110 valence electrons. The van der Waals surface area contributed by atoms with Crippen LogP contribution in [0.15, 0.2) is 36.5 Å². The molecule has 7 nitrogen and oxygen atoms in total. The zero-order chi connectivity index (χ0) is 15.4. The van der Waals surface area contributed by atoms with Crippen LogP contribution in [0.25, 0.3) is 0 Å². The molecule has 2 aromatic rings. The summed E-state index contributed by atoms with van der Waals surface area (Å²) in [5, 5.41) is 24.0. The highest BCUT2D eigenvalue weighted by molar-refractivity contribution is 6.42. The van der Waals surface area contributed by atoms with Crippen molar-refractivity contribution >= 4 is 46.4 Å². The van der Waals surface area contributed by atoms with E-state index in [9.17, 15) is 10.0 Å². The quantitative estimate of drug-likeness (QED) is 0.650. The Morgan fingerprint density at radius 1 is 1.19 bits per heavy atom. The molecule has 21 heavy (non-hydrogen) atoms. The van der Waals surface area contributed by atoms with E-state index in [0.717, 1.165) is 6.20 Å². The van der Waals surface area contributed by atoms with Crippen LogP contribution in [0.4, 0.5) is 22.0 Å². The minimum absolute atomic E-state index is 0.0328. The van der Waals surface area contributed by atoms with Gasteiger partial charge in [0.1, 0.15) is 5.82 Å². The summed E-state index contributed by atoms with van der Waals surface area (Å²) in [6, 6.07) is 6.84. The molecule has 0 aliphatic heterocycles. The van der Waals surface area contributed by atoms with Crippen LogP contribution in [-0.4, -0.2) is 16.2 Å². The van der Waals surface area contributed by atoms with E-state index in [4.69, 9.17) is 28.4 Å². The smallest absolute Gasteiger partial charge is 0.324 e.